The van der Waals surface area contributed by atoms with Gasteiger partial charge in [0, 0.05) is 32.9 Å². The van der Waals surface area contributed by atoms with Crippen LogP contribution in [-0.2, 0) is 4.74 Å². The summed E-state index contributed by atoms with van der Waals surface area (Å²) in [5.74, 6) is 1.21. The van der Waals surface area contributed by atoms with Gasteiger partial charge in [-0.25, -0.2) is 9.78 Å². The minimum absolute atomic E-state index is 0.222. The number of amides is 1. The van der Waals surface area contributed by atoms with E-state index in [9.17, 15) is 4.79 Å². The minimum Gasteiger partial charge on any atom is -0.444 e. The molecule has 3 heterocycles. The Morgan fingerprint density at radius 3 is 3.00 bits per heavy atom. The van der Waals surface area contributed by atoms with Crippen molar-refractivity contribution < 1.29 is 9.53 Å². The van der Waals surface area contributed by atoms with E-state index in [1.54, 1.807) is 11.1 Å². The lowest BCUT2D eigenvalue weighted by atomic mass is 10.1. The second-order valence-corrected chi connectivity index (χ2v) is 7.40. The van der Waals surface area contributed by atoms with Crippen LogP contribution in [0.15, 0.2) is 18.3 Å². The lowest BCUT2D eigenvalue weighted by Crippen LogP contribution is -2.36. The van der Waals surface area contributed by atoms with Crippen LogP contribution in [0.4, 0.5) is 10.7 Å². The van der Waals surface area contributed by atoms with Crippen LogP contribution in [0.1, 0.15) is 27.2 Å². The smallest absolute Gasteiger partial charge is 0.410 e. The van der Waals surface area contributed by atoms with Crippen molar-refractivity contribution in [1.82, 2.24) is 19.9 Å². The fourth-order valence-corrected chi connectivity index (χ4v) is 2.96. The zero-order valence-corrected chi connectivity index (χ0v) is 14.7. The van der Waals surface area contributed by atoms with Gasteiger partial charge in [0.15, 0.2) is 5.65 Å². The summed E-state index contributed by atoms with van der Waals surface area (Å²) in [7, 11) is 2.01. The van der Waals surface area contributed by atoms with Crippen molar-refractivity contribution >= 4 is 23.2 Å². The van der Waals surface area contributed by atoms with Crippen LogP contribution in [0.2, 0.25) is 0 Å². The molecule has 1 saturated heterocycles. The highest BCUT2D eigenvalue weighted by Crippen LogP contribution is 2.22. The monoisotopic (exact) mass is 331 g/mol. The van der Waals surface area contributed by atoms with Gasteiger partial charge in [0.2, 0.25) is 5.95 Å². The van der Waals surface area contributed by atoms with Crippen molar-refractivity contribution in [3.05, 3.63) is 18.3 Å². The molecule has 3 rings (SSSR count). The molecule has 1 N–H and O–H groups in total. The number of rotatable bonds is 3. The average molecular weight is 331 g/mol. The van der Waals surface area contributed by atoms with Gasteiger partial charge in [-0.1, -0.05) is 0 Å². The molecule has 1 aliphatic rings. The molecule has 24 heavy (non-hydrogen) atoms. The fraction of sp³-hybridized carbons (Fsp3) is 0.588. The number of imidazole rings is 1. The predicted molar refractivity (Wildman–Crippen MR) is 93.1 cm³/mol. The first-order valence-corrected chi connectivity index (χ1v) is 8.31. The summed E-state index contributed by atoms with van der Waals surface area (Å²) in [6.07, 6.45) is 2.49. The van der Waals surface area contributed by atoms with Crippen LogP contribution in [0, 0.1) is 5.92 Å². The van der Waals surface area contributed by atoms with E-state index in [1.807, 2.05) is 40.0 Å². The number of ether oxygens (including phenoxy) is 1. The zero-order valence-electron chi connectivity index (χ0n) is 14.7. The first-order chi connectivity index (χ1) is 11.3. The molecule has 130 valence electrons. The Bertz CT molecular complexity index is 688. The van der Waals surface area contributed by atoms with Crippen molar-refractivity contribution in [3.63, 3.8) is 0 Å². The molecule has 1 fully saturated rings. The number of hydrogen-bond donors (Lipinski definition) is 1. The topological polar surface area (TPSA) is 74.3 Å². The van der Waals surface area contributed by atoms with Gasteiger partial charge < -0.3 is 19.5 Å². The normalized spacial score (nSPS) is 18.2. The van der Waals surface area contributed by atoms with Crippen LogP contribution in [0.3, 0.4) is 0 Å². The van der Waals surface area contributed by atoms with Crippen LogP contribution >= 0.6 is 0 Å². The highest BCUT2D eigenvalue weighted by atomic mass is 16.6. The molecule has 1 unspecified atom stereocenters. The molecule has 0 aromatic carbocycles. The Morgan fingerprint density at radius 1 is 1.50 bits per heavy atom. The van der Waals surface area contributed by atoms with E-state index in [-0.39, 0.29) is 6.09 Å². The van der Waals surface area contributed by atoms with Crippen molar-refractivity contribution in [2.24, 2.45) is 5.92 Å². The number of nitrogens with zero attached hydrogens (tertiary/aromatic N) is 4. The second kappa shape index (κ2) is 6.30. The molecule has 2 aromatic heterocycles. The minimum atomic E-state index is -0.451. The van der Waals surface area contributed by atoms with E-state index in [1.165, 1.54) is 0 Å². The molecule has 0 radical (unpaired) electrons. The molecule has 1 aliphatic heterocycles. The summed E-state index contributed by atoms with van der Waals surface area (Å²) in [4.78, 5) is 28.1. The number of fused-ring (bicyclic) bond motifs is 1. The Morgan fingerprint density at radius 2 is 2.29 bits per heavy atom. The number of H-pyrrole nitrogens is 1. The first kappa shape index (κ1) is 16.5. The van der Waals surface area contributed by atoms with E-state index < -0.39 is 5.60 Å². The van der Waals surface area contributed by atoms with E-state index in [0.29, 0.717) is 5.92 Å². The van der Waals surface area contributed by atoms with Gasteiger partial charge in [-0.3, -0.25) is 0 Å². The summed E-state index contributed by atoms with van der Waals surface area (Å²) in [5.41, 5.74) is 1.20. The summed E-state index contributed by atoms with van der Waals surface area (Å²) in [6.45, 7) is 7.97. The summed E-state index contributed by atoms with van der Waals surface area (Å²) in [5, 5.41) is 0. The maximum Gasteiger partial charge on any atom is 0.410 e. The number of pyridine rings is 1. The third-order valence-electron chi connectivity index (χ3n) is 4.08. The zero-order chi connectivity index (χ0) is 17.3. The number of aromatic amines is 1. The number of aromatic nitrogens is 3. The predicted octanol–water partition coefficient (Wildman–Crippen LogP) is 2.65. The first-order valence-electron chi connectivity index (χ1n) is 8.31. The Kier molecular flexibility index (Phi) is 4.34. The van der Waals surface area contributed by atoms with E-state index >= 15 is 0 Å². The van der Waals surface area contributed by atoms with Gasteiger partial charge in [-0.2, -0.15) is 4.98 Å². The summed E-state index contributed by atoms with van der Waals surface area (Å²) in [6, 6.07) is 3.85. The molecule has 0 bridgehead atoms. The van der Waals surface area contributed by atoms with Crippen LogP contribution in [0.5, 0.6) is 0 Å². The Hall–Kier alpha value is -2.31. The van der Waals surface area contributed by atoms with E-state index in [0.717, 1.165) is 43.2 Å². The van der Waals surface area contributed by atoms with Gasteiger partial charge in [0.25, 0.3) is 0 Å². The van der Waals surface area contributed by atoms with E-state index in [2.05, 4.69) is 19.9 Å². The van der Waals surface area contributed by atoms with Gasteiger partial charge in [-0.15, -0.1) is 0 Å². The number of anilines is 1. The fourth-order valence-electron chi connectivity index (χ4n) is 2.96. The molecule has 1 atom stereocenters. The molecule has 0 aliphatic carbocycles. The maximum atomic E-state index is 12.1. The van der Waals surface area contributed by atoms with Crippen molar-refractivity contribution in [2.45, 2.75) is 32.8 Å². The summed E-state index contributed by atoms with van der Waals surface area (Å²) < 4.78 is 5.45. The Balaban J connectivity index is 1.57. The molecule has 7 heteroatoms. The standard InChI is InChI=1S/C17H25N5O2/c1-17(2,3)24-16(23)22-9-7-12(11-22)10-21(4)15-19-13-6-5-8-18-14(13)20-15/h5-6,8,12H,7,9-11H2,1-4H3,(H,18,19,20). The van der Waals surface area contributed by atoms with Gasteiger partial charge in [0.1, 0.15) is 5.60 Å². The van der Waals surface area contributed by atoms with Crippen molar-refractivity contribution in [1.29, 1.82) is 0 Å². The molecule has 2 aromatic rings. The number of hydrogen-bond acceptors (Lipinski definition) is 5. The quantitative estimate of drug-likeness (QED) is 0.936. The SMILES string of the molecule is CN(CC1CCN(C(=O)OC(C)(C)C)C1)c1nc2ncccc2[nH]1. The van der Waals surface area contributed by atoms with Crippen LogP contribution in [-0.4, -0.2) is 58.2 Å². The number of carbonyl (C=O) groups is 1. The van der Waals surface area contributed by atoms with Crippen molar-refractivity contribution in [2.75, 3.05) is 31.6 Å². The number of carbonyl (C=O) groups excluding carboxylic acids is 1. The Labute approximate surface area is 142 Å². The third-order valence-corrected chi connectivity index (χ3v) is 4.08. The van der Waals surface area contributed by atoms with Gasteiger partial charge in [0.05, 0.1) is 5.52 Å². The highest BCUT2D eigenvalue weighted by Gasteiger charge is 2.30. The average Bonchev–Trinajstić information content (AvgIpc) is 3.11. The molecule has 0 spiro atoms. The lowest BCUT2D eigenvalue weighted by molar-refractivity contribution is 0.0288. The van der Waals surface area contributed by atoms with Crippen LogP contribution in [0.25, 0.3) is 11.2 Å². The molecule has 0 saturated carbocycles. The molecular formula is C17H25N5O2. The molecular weight excluding hydrogens is 306 g/mol. The van der Waals surface area contributed by atoms with Gasteiger partial charge in [-0.05, 0) is 45.2 Å². The van der Waals surface area contributed by atoms with E-state index in [4.69, 9.17) is 4.74 Å². The van der Waals surface area contributed by atoms with Gasteiger partial charge >= 0.3 is 6.09 Å². The highest BCUT2D eigenvalue weighted by molar-refractivity contribution is 5.73. The second-order valence-electron chi connectivity index (χ2n) is 7.40. The van der Waals surface area contributed by atoms with Crippen molar-refractivity contribution in [3.8, 4) is 0 Å². The number of likely N-dealkylation sites (tertiary alicyclic amines) is 1. The number of nitrogens with one attached hydrogen (secondary N) is 1. The third kappa shape index (κ3) is 3.77. The largest absolute Gasteiger partial charge is 0.444 e. The molecule has 1 amide bonds. The van der Waals surface area contributed by atoms with Crippen LogP contribution < -0.4 is 4.90 Å². The summed E-state index contributed by atoms with van der Waals surface area (Å²) >= 11 is 0. The maximum absolute atomic E-state index is 12.1. The molecule has 7 nitrogen and oxygen atoms in total. The lowest BCUT2D eigenvalue weighted by Gasteiger charge is -2.25.